The predicted molar refractivity (Wildman–Crippen MR) is 250 cm³/mol. The summed E-state index contributed by atoms with van der Waals surface area (Å²) in [7, 11) is 1.29. The van der Waals surface area contributed by atoms with Crippen molar-refractivity contribution in [2.75, 3.05) is 20.3 Å². The molecule has 2 aliphatic heterocycles. The van der Waals surface area contributed by atoms with Crippen LogP contribution in [0, 0.1) is 50.2 Å². The molecule has 72 heavy (non-hydrogen) atoms. The summed E-state index contributed by atoms with van der Waals surface area (Å²) >= 11 is 0. The molecule has 2 saturated heterocycles. The highest BCUT2D eigenvalue weighted by atomic mass is 16.7. The molecular weight excluding hydrogens is 945 g/mol. The maximum Gasteiger partial charge on any atom is 0.335 e. The first-order valence-corrected chi connectivity index (χ1v) is 25.2. The fourth-order valence-corrected chi connectivity index (χ4v) is 14.9. The highest BCUT2D eigenvalue weighted by Gasteiger charge is 2.78. The zero-order chi connectivity index (χ0) is 53.6. The molecule has 0 spiro atoms. The van der Waals surface area contributed by atoms with Gasteiger partial charge in [-0.1, -0.05) is 58.4 Å². The zero-order valence-corrected chi connectivity index (χ0v) is 43.2. The van der Waals surface area contributed by atoms with E-state index in [1.807, 2.05) is 27.7 Å². The topological polar surface area (TPSA) is 315 Å². The third-order valence-corrected chi connectivity index (χ3v) is 19.3. The lowest BCUT2D eigenvalue weighted by molar-refractivity contribution is -0.352. The molecule has 406 valence electrons. The summed E-state index contributed by atoms with van der Waals surface area (Å²) in [6, 6.07) is 0. The Hall–Kier alpha value is -3.38. The van der Waals surface area contributed by atoms with Gasteiger partial charge in [0.2, 0.25) is 0 Å². The van der Waals surface area contributed by atoms with Crippen LogP contribution in [0.25, 0.3) is 0 Å². The number of hydrogen-bond acceptors (Lipinski definition) is 19. The molecule has 7 rings (SSSR count). The molecule has 0 aromatic carbocycles. The number of carboxylic acids is 1. The van der Waals surface area contributed by atoms with Crippen LogP contribution in [0.4, 0.5) is 0 Å². The monoisotopic (exact) mass is 1020 g/mol. The number of carbonyl (C=O) groups excluding carboxylic acids is 3. The molecule has 4 saturated carbocycles. The van der Waals surface area contributed by atoms with E-state index in [2.05, 4.69) is 13.0 Å². The summed E-state index contributed by atoms with van der Waals surface area (Å²) in [4.78, 5) is 54.4. The molecule has 5 aliphatic carbocycles. The van der Waals surface area contributed by atoms with E-state index in [4.69, 9.17) is 33.2 Å². The number of rotatable bonds is 11. The molecule has 2 heterocycles. The summed E-state index contributed by atoms with van der Waals surface area (Å²) in [5.41, 5.74) is -5.76. The van der Waals surface area contributed by atoms with Crippen LogP contribution in [0.2, 0.25) is 0 Å². The molecule has 22 atom stereocenters. The second-order valence-corrected chi connectivity index (χ2v) is 23.3. The lowest BCUT2D eigenvalue weighted by Crippen LogP contribution is -2.77. The molecule has 0 bridgehead atoms. The molecule has 9 N–H and O–H groups in total. The Kier molecular flexibility index (Phi) is 15.6. The van der Waals surface area contributed by atoms with Gasteiger partial charge < -0.3 is 79.1 Å². The van der Waals surface area contributed by atoms with Gasteiger partial charge in [0.05, 0.1) is 49.5 Å². The Labute approximate surface area is 420 Å². The van der Waals surface area contributed by atoms with Crippen molar-refractivity contribution >= 4 is 23.9 Å². The highest BCUT2D eigenvalue weighted by Crippen LogP contribution is 2.77. The summed E-state index contributed by atoms with van der Waals surface area (Å²) in [5.74, 6) is -5.10. The molecule has 0 unspecified atom stereocenters. The van der Waals surface area contributed by atoms with Crippen molar-refractivity contribution in [3.8, 4) is 0 Å². The number of aliphatic hydroxyl groups excluding tert-OH is 8. The summed E-state index contributed by atoms with van der Waals surface area (Å²) < 4.78 is 41.2. The number of carboxylic acid groups (broad SMARTS) is 1. The highest BCUT2D eigenvalue weighted by molar-refractivity contribution is 5.89. The van der Waals surface area contributed by atoms with Crippen LogP contribution >= 0.6 is 0 Å². The molecule has 7 aliphatic rings. The minimum absolute atomic E-state index is 0.127. The molecular formula is C52H78O20. The number of esters is 3. The van der Waals surface area contributed by atoms with Crippen LogP contribution < -0.4 is 0 Å². The maximum absolute atomic E-state index is 14.6. The van der Waals surface area contributed by atoms with Crippen molar-refractivity contribution < 1.29 is 98.3 Å². The van der Waals surface area contributed by atoms with Crippen LogP contribution in [0.5, 0.6) is 0 Å². The lowest BCUT2D eigenvalue weighted by atomic mass is 9.31. The second kappa shape index (κ2) is 20.0. The van der Waals surface area contributed by atoms with Gasteiger partial charge in [-0.15, -0.1) is 0 Å². The summed E-state index contributed by atoms with van der Waals surface area (Å²) in [5, 5.41) is 101. The SMILES string of the molecule is C/C=C(/C)C(=O)O[C@H]1[C@H](OC(=O)/C(C)=C\C)[C@]2(CO)[C@H](O)[C@H](O)[C@]3(C)C(=CC[C@@H]4[C@@]5(C)CC[C@H](O[C@@H]6O[C@H](C(=O)O)[C@@H](O)[C@H](O[C@@H]7OC[C@H](O)[C@H](O)[C@H]7O)[C@H]6O)C[C@@H]5[C@@](C)(C(=O)OC)C[C@]43C)[C@@H]2CC1(C)C. The van der Waals surface area contributed by atoms with Gasteiger partial charge >= 0.3 is 23.9 Å². The maximum atomic E-state index is 14.6. The van der Waals surface area contributed by atoms with E-state index in [-0.39, 0.29) is 30.8 Å². The average molecular weight is 1020 g/mol. The van der Waals surface area contributed by atoms with E-state index in [1.54, 1.807) is 46.8 Å². The van der Waals surface area contributed by atoms with Crippen molar-refractivity contribution in [1.29, 1.82) is 0 Å². The fourth-order valence-electron chi connectivity index (χ4n) is 14.9. The Morgan fingerprint density at radius 3 is 1.97 bits per heavy atom. The van der Waals surface area contributed by atoms with Gasteiger partial charge in [0.25, 0.3) is 0 Å². The number of aliphatic hydroxyl groups is 8. The van der Waals surface area contributed by atoms with Gasteiger partial charge in [0, 0.05) is 22.0 Å². The van der Waals surface area contributed by atoms with Crippen molar-refractivity contribution in [3.63, 3.8) is 0 Å². The average Bonchev–Trinajstić information content (AvgIpc) is 3.33. The molecule has 6 fully saturated rings. The number of methoxy groups -OCH3 is 1. The van der Waals surface area contributed by atoms with E-state index in [0.717, 1.165) is 5.57 Å². The number of allylic oxidation sites excluding steroid dienone is 3. The van der Waals surface area contributed by atoms with Crippen molar-refractivity contribution in [1.82, 2.24) is 0 Å². The minimum Gasteiger partial charge on any atom is -0.479 e. The first-order valence-electron chi connectivity index (χ1n) is 25.2. The molecule has 20 heteroatoms. The Morgan fingerprint density at radius 1 is 0.792 bits per heavy atom. The predicted octanol–water partition coefficient (Wildman–Crippen LogP) is 1.59. The second-order valence-electron chi connectivity index (χ2n) is 23.3. The Morgan fingerprint density at radius 2 is 1.40 bits per heavy atom. The van der Waals surface area contributed by atoms with E-state index >= 15 is 0 Å². The van der Waals surface area contributed by atoms with Gasteiger partial charge in [0.15, 0.2) is 24.8 Å². The fraction of sp³-hybridized carbons (Fsp3) is 0.808. The van der Waals surface area contributed by atoms with E-state index in [0.29, 0.717) is 24.8 Å². The largest absolute Gasteiger partial charge is 0.479 e. The van der Waals surface area contributed by atoms with E-state index < -0.39 is 167 Å². The van der Waals surface area contributed by atoms with Crippen molar-refractivity contribution in [2.45, 2.75) is 194 Å². The quantitative estimate of drug-likeness (QED) is 0.0467. The number of ether oxygens (including phenoxy) is 7. The van der Waals surface area contributed by atoms with Crippen LogP contribution in [0.1, 0.15) is 108 Å². The normalized spacial score (nSPS) is 48.1. The first kappa shape index (κ1) is 56.3. The van der Waals surface area contributed by atoms with Crippen LogP contribution in [-0.4, -0.2) is 176 Å². The van der Waals surface area contributed by atoms with Gasteiger partial charge in [-0.2, -0.15) is 0 Å². The van der Waals surface area contributed by atoms with Gasteiger partial charge in [-0.05, 0) is 102 Å². The Balaban J connectivity index is 1.26. The first-order chi connectivity index (χ1) is 33.5. The number of hydrogen-bond donors (Lipinski definition) is 9. The van der Waals surface area contributed by atoms with E-state index in [9.17, 15) is 65.1 Å². The third kappa shape index (κ3) is 8.51. The number of aliphatic carboxylic acids is 1. The molecule has 0 radical (unpaired) electrons. The zero-order valence-electron chi connectivity index (χ0n) is 43.2. The van der Waals surface area contributed by atoms with Gasteiger partial charge in [0.1, 0.15) is 42.7 Å². The molecule has 0 aromatic heterocycles. The van der Waals surface area contributed by atoms with E-state index in [1.165, 1.54) is 7.11 Å². The summed E-state index contributed by atoms with van der Waals surface area (Å²) in [6.07, 6.45) is -15.9. The smallest absolute Gasteiger partial charge is 0.335 e. The van der Waals surface area contributed by atoms with Crippen LogP contribution in [0.15, 0.2) is 34.9 Å². The van der Waals surface area contributed by atoms with Gasteiger partial charge in [-0.25, -0.2) is 14.4 Å². The van der Waals surface area contributed by atoms with Crippen molar-refractivity contribution in [2.24, 2.45) is 50.2 Å². The van der Waals surface area contributed by atoms with Gasteiger partial charge in [-0.3, -0.25) is 4.79 Å². The standard InChI is InChI=1S/C52H78O20/c1-12-23(3)42(63)71-39-40(72-43(64)24(4)13-2)52(22-53)27(19-47(39,5)6)26-14-15-29-48(7)17-16-25(18-30(48)49(8,46(65)66-11)21-50(29,9)51(26,10)37(59)38(52)60)68-45-34(58)35(33(57)36(70-45)41(61)62)69-44-32(56)31(55)28(54)20-67-44/h12-14,25,27-40,44-45,53-60H,15-22H2,1-11H3,(H,61,62)/b23-12-,24-13-/t25-,27-,28-,29+,30-,31-,32+,33-,34+,35-,36-,37-,38+,39-,40-,44-,45+,48+,49-,50+,51-,52-/m0/s1. The number of carbonyl (C=O) groups is 4. The Bertz CT molecular complexity index is 2190. The van der Waals surface area contributed by atoms with Crippen molar-refractivity contribution in [3.05, 3.63) is 34.9 Å². The van der Waals surface area contributed by atoms with Crippen LogP contribution in [-0.2, 0) is 52.3 Å². The third-order valence-electron chi connectivity index (χ3n) is 19.3. The molecule has 0 aromatic rings. The molecule has 20 nitrogen and oxygen atoms in total. The van der Waals surface area contributed by atoms with Crippen LogP contribution in [0.3, 0.4) is 0 Å². The number of fused-ring (bicyclic) bond motifs is 7. The lowest BCUT2D eigenvalue weighted by Gasteiger charge is -2.74. The molecule has 0 amide bonds. The minimum atomic E-state index is -2.00. The summed E-state index contributed by atoms with van der Waals surface area (Å²) in [6.45, 7) is 16.8.